The highest BCUT2D eigenvalue weighted by atomic mass is 32.2. The number of sulfone groups is 1. The quantitative estimate of drug-likeness (QED) is 0.142. The van der Waals surface area contributed by atoms with Crippen molar-refractivity contribution in [2.75, 3.05) is 40.0 Å². The minimum Gasteiger partial charge on any atom is -0.493 e. The highest BCUT2D eigenvalue weighted by molar-refractivity contribution is 7.92. The molecule has 1 aliphatic rings. The summed E-state index contributed by atoms with van der Waals surface area (Å²) in [7, 11) is -2.27. The normalized spacial score (nSPS) is 15.5. The van der Waals surface area contributed by atoms with Gasteiger partial charge in [-0.05, 0) is 47.6 Å². The van der Waals surface area contributed by atoms with Crippen LogP contribution in [0.2, 0.25) is 0 Å². The van der Waals surface area contributed by atoms with Crippen LogP contribution in [0.25, 0.3) is 0 Å². The summed E-state index contributed by atoms with van der Waals surface area (Å²) in [6, 6.07) is 13.4. The summed E-state index contributed by atoms with van der Waals surface area (Å²) in [5.74, 6) is -0.355. The number of benzene rings is 2. The average molecular weight is 647 g/mol. The third kappa shape index (κ3) is 10.5. The summed E-state index contributed by atoms with van der Waals surface area (Å²) < 4.78 is 38.2. The van der Waals surface area contributed by atoms with Gasteiger partial charge in [-0.2, -0.15) is 0 Å². The van der Waals surface area contributed by atoms with Crippen LogP contribution in [0.1, 0.15) is 51.7 Å². The van der Waals surface area contributed by atoms with Gasteiger partial charge in [-0.15, -0.1) is 0 Å². The minimum atomic E-state index is -3.84. The van der Waals surface area contributed by atoms with Crippen molar-refractivity contribution in [3.05, 3.63) is 59.7 Å². The van der Waals surface area contributed by atoms with Crippen LogP contribution in [0.3, 0.4) is 0 Å². The molecule has 4 atom stereocenters. The number of nitrogens with zero attached hydrogens (tertiary/aromatic N) is 1. The Labute approximate surface area is 267 Å². The van der Waals surface area contributed by atoms with Crippen LogP contribution < -0.4 is 20.8 Å². The molecule has 250 valence electrons. The first-order chi connectivity index (χ1) is 21.5. The topological polar surface area (TPSA) is 146 Å². The number of methoxy groups -OCH3 is 1. The molecule has 0 aromatic heterocycles. The second kappa shape index (κ2) is 17.6. The number of fused-ring (bicyclic) bond motifs is 1. The van der Waals surface area contributed by atoms with Crippen molar-refractivity contribution in [1.29, 1.82) is 0 Å². The average Bonchev–Trinajstić information content (AvgIpc) is 3.49. The maximum atomic E-state index is 13.8. The van der Waals surface area contributed by atoms with Crippen molar-refractivity contribution in [2.45, 2.75) is 75.8 Å². The van der Waals surface area contributed by atoms with E-state index < -0.39 is 33.3 Å². The van der Waals surface area contributed by atoms with Gasteiger partial charge in [0.25, 0.3) is 5.91 Å². The first-order valence-corrected chi connectivity index (χ1v) is 17.3. The van der Waals surface area contributed by atoms with E-state index >= 15 is 0 Å². The van der Waals surface area contributed by atoms with Crippen LogP contribution >= 0.6 is 0 Å². The number of rotatable bonds is 18. The summed E-state index contributed by atoms with van der Waals surface area (Å²) in [5, 5.41) is 18.0. The van der Waals surface area contributed by atoms with Crippen LogP contribution in [-0.2, 0) is 37.0 Å². The molecule has 0 bridgehead atoms. The maximum absolute atomic E-state index is 13.8. The van der Waals surface area contributed by atoms with Crippen molar-refractivity contribution >= 4 is 21.7 Å². The standard InChI is InChI=1S/C33H50N4O7S/c1-6-24(4)18-32(40)37(36-31(39)22-34-15-17-43-5)28(19-25-10-8-7-9-11-25)29(38)21-35-33(23(2)3)45(41,42)27-12-13-30-26(20-27)14-16-44-30/h7-13,20,23-24,28-29,33-35,38H,6,14-19,21-22H2,1-5H3,(H,36,39)/t24-,28-,29+,33?/m0/s1. The van der Waals surface area contributed by atoms with Gasteiger partial charge in [0.1, 0.15) is 11.1 Å². The van der Waals surface area contributed by atoms with Crippen LogP contribution in [-0.4, -0.2) is 87.8 Å². The molecule has 3 rings (SSSR count). The van der Waals surface area contributed by atoms with Gasteiger partial charge in [0, 0.05) is 33.0 Å². The third-order valence-corrected chi connectivity index (χ3v) is 10.3. The number of amides is 2. The minimum absolute atomic E-state index is 0.0532. The lowest BCUT2D eigenvalue weighted by molar-refractivity contribution is -0.148. The molecule has 0 aliphatic carbocycles. The molecule has 0 radical (unpaired) electrons. The lowest BCUT2D eigenvalue weighted by Crippen LogP contribution is -2.60. The molecule has 0 saturated heterocycles. The number of hydrogen-bond acceptors (Lipinski definition) is 9. The van der Waals surface area contributed by atoms with Crippen LogP contribution in [0.5, 0.6) is 5.75 Å². The molecule has 0 fully saturated rings. The van der Waals surface area contributed by atoms with E-state index in [1.165, 1.54) is 5.01 Å². The number of hydrazine groups is 1. The highest BCUT2D eigenvalue weighted by Crippen LogP contribution is 2.30. The van der Waals surface area contributed by atoms with Gasteiger partial charge in [0.2, 0.25) is 5.91 Å². The Morgan fingerprint density at radius 3 is 2.51 bits per heavy atom. The Morgan fingerprint density at radius 2 is 1.84 bits per heavy atom. The van der Waals surface area contributed by atoms with Gasteiger partial charge in [-0.25, -0.2) is 13.4 Å². The summed E-state index contributed by atoms with van der Waals surface area (Å²) in [5.41, 5.74) is 4.44. The summed E-state index contributed by atoms with van der Waals surface area (Å²) in [6.45, 7) is 8.75. The molecule has 2 aromatic rings. The van der Waals surface area contributed by atoms with Crippen molar-refractivity contribution in [1.82, 2.24) is 21.1 Å². The predicted octanol–water partition coefficient (Wildman–Crippen LogP) is 2.47. The molecular weight excluding hydrogens is 596 g/mol. The number of carbonyl (C=O) groups is 2. The Balaban J connectivity index is 1.87. The van der Waals surface area contributed by atoms with E-state index in [1.54, 1.807) is 39.2 Å². The van der Waals surface area contributed by atoms with Gasteiger partial charge in [0.05, 0.1) is 36.8 Å². The van der Waals surface area contributed by atoms with E-state index in [0.717, 1.165) is 17.5 Å². The molecular formula is C33H50N4O7S. The second-order valence-electron chi connectivity index (χ2n) is 12.0. The molecule has 11 nitrogen and oxygen atoms in total. The van der Waals surface area contributed by atoms with Crippen LogP contribution in [0, 0.1) is 11.8 Å². The largest absolute Gasteiger partial charge is 0.493 e. The lowest BCUT2D eigenvalue weighted by atomic mass is 9.98. The lowest BCUT2D eigenvalue weighted by Gasteiger charge is -2.36. The molecule has 2 aromatic carbocycles. The van der Waals surface area contributed by atoms with E-state index in [1.807, 2.05) is 44.2 Å². The number of ether oxygens (including phenoxy) is 2. The first-order valence-electron chi connectivity index (χ1n) is 15.7. The molecule has 1 unspecified atom stereocenters. The van der Waals surface area contributed by atoms with Crippen molar-refractivity contribution in [3.63, 3.8) is 0 Å². The van der Waals surface area contributed by atoms with Gasteiger partial charge in [-0.3, -0.25) is 20.3 Å². The molecule has 12 heteroatoms. The predicted molar refractivity (Wildman–Crippen MR) is 173 cm³/mol. The fraction of sp³-hybridized carbons (Fsp3) is 0.576. The summed E-state index contributed by atoms with van der Waals surface area (Å²) in [6.07, 6.45) is 0.592. The molecule has 2 amide bonds. The van der Waals surface area contributed by atoms with E-state index in [0.29, 0.717) is 31.9 Å². The molecule has 0 spiro atoms. The first kappa shape index (κ1) is 36.4. The van der Waals surface area contributed by atoms with Gasteiger partial charge >= 0.3 is 0 Å². The van der Waals surface area contributed by atoms with Crippen LogP contribution in [0.4, 0.5) is 0 Å². The summed E-state index contributed by atoms with van der Waals surface area (Å²) >= 11 is 0. The SMILES string of the molecule is CC[C@H](C)CC(=O)N(NC(=O)CNCCOC)[C@@H](Cc1ccccc1)[C@H](O)CNC(C(C)C)S(=O)(=O)c1ccc2c(c1)CCO2. The van der Waals surface area contributed by atoms with E-state index in [4.69, 9.17) is 9.47 Å². The Morgan fingerprint density at radius 1 is 1.11 bits per heavy atom. The zero-order chi connectivity index (χ0) is 33.0. The molecule has 1 heterocycles. The zero-order valence-electron chi connectivity index (χ0n) is 27.1. The molecule has 4 N–H and O–H groups in total. The Kier molecular flexibility index (Phi) is 14.3. The Hall–Kier alpha value is -3.03. The number of aliphatic hydroxyl groups excluding tert-OH is 1. The fourth-order valence-electron chi connectivity index (χ4n) is 5.24. The highest BCUT2D eigenvalue weighted by Gasteiger charge is 2.35. The Bertz CT molecular complexity index is 1340. The number of hydrogen-bond donors (Lipinski definition) is 4. The summed E-state index contributed by atoms with van der Waals surface area (Å²) in [4.78, 5) is 26.9. The third-order valence-electron chi connectivity index (χ3n) is 8.02. The second-order valence-corrected chi connectivity index (χ2v) is 14.1. The molecule has 1 aliphatic heterocycles. The molecule has 45 heavy (non-hydrogen) atoms. The van der Waals surface area contributed by atoms with Gasteiger partial charge < -0.3 is 19.9 Å². The monoisotopic (exact) mass is 646 g/mol. The smallest absolute Gasteiger partial charge is 0.252 e. The van der Waals surface area contributed by atoms with Crippen molar-refractivity contribution < 1.29 is 32.6 Å². The van der Waals surface area contributed by atoms with E-state index in [-0.39, 0.29) is 48.6 Å². The van der Waals surface area contributed by atoms with Gasteiger partial charge in [0.15, 0.2) is 9.84 Å². The molecule has 0 saturated carbocycles. The maximum Gasteiger partial charge on any atom is 0.252 e. The van der Waals surface area contributed by atoms with Gasteiger partial charge in [-0.1, -0.05) is 64.4 Å². The fourth-order valence-corrected chi connectivity index (χ4v) is 7.13. The zero-order valence-corrected chi connectivity index (χ0v) is 27.9. The van der Waals surface area contributed by atoms with Crippen molar-refractivity contribution in [2.24, 2.45) is 11.8 Å². The number of nitrogens with one attached hydrogen (secondary N) is 3. The van der Waals surface area contributed by atoms with Crippen molar-refractivity contribution in [3.8, 4) is 5.75 Å². The number of carbonyl (C=O) groups excluding carboxylic acids is 2. The van der Waals surface area contributed by atoms with E-state index in [9.17, 15) is 23.1 Å². The van der Waals surface area contributed by atoms with Crippen LogP contribution in [0.15, 0.2) is 53.4 Å². The van der Waals surface area contributed by atoms with E-state index in [2.05, 4.69) is 16.1 Å². The number of aliphatic hydroxyl groups is 1.